The molecule has 1 saturated carbocycles. The molecule has 0 spiro atoms. The van der Waals surface area contributed by atoms with Crippen LogP contribution >= 0.6 is 0 Å². The Kier molecular flexibility index (Phi) is 5.17. The van der Waals surface area contributed by atoms with Crippen molar-refractivity contribution in [3.63, 3.8) is 0 Å². The predicted molar refractivity (Wildman–Crippen MR) is 73.5 cm³/mol. The average molecular weight is 256 g/mol. The summed E-state index contributed by atoms with van der Waals surface area (Å²) < 4.78 is 5.43. The molecule has 0 aromatic carbocycles. The molecule has 0 bridgehead atoms. The third kappa shape index (κ3) is 2.86. The summed E-state index contributed by atoms with van der Waals surface area (Å²) in [5.74, 6) is 0.191. The van der Waals surface area contributed by atoms with Crippen LogP contribution in [0.15, 0.2) is 0 Å². The lowest BCUT2D eigenvalue weighted by molar-refractivity contribution is -0.136. The quantitative estimate of drug-likeness (QED) is 0.785. The van der Waals surface area contributed by atoms with Gasteiger partial charge in [-0.15, -0.1) is 0 Å². The second-order valence-electron chi connectivity index (χ2n) is 5.73. The van der Waals surface area contributed by atoms with Crippen LogP contribution in [0.2, 0.25) is 0 Å². The minimum Gasteiger partial charge on any atom is -0.381 e. The van der Waals surface area contributed by atoms with Crippen LogP contribution in [0.4, 0.5) is 0 Å². The number of amides is 1. The van der Waals surface area contributed by atoms with Gasteiger partial charge in [0, 0.05) is 31.7 Å². The Bertz CT molecular complexity index is 288. The Hall–Kier alpha value is -0.610. The van der Waals surface area contributed by atoms with Crippen LogP contribution in [-0.2, 0) is 9.53 Å². The van der Waals surface area contributed by atoms with E-state index in [2.05, 4.69) is 19.2 Å². The maximum absolute atomic E-state index is 12.2. The summed E-state index contributed by atoms with van der Waals surface area (Å²) in [7, 11) is 1.76. The van der Waals surface area contributed by atoms with Crippen molar-refractivity contribution in [1.82, 2.24) is 10.2 Å². The lowest BCUT2D eigenvalue weighted by Crippen LogP contribution is -2.64. The van der Waals surface area contributed by atoms with Gasteiger partial charge in [0.25, 0.3) is 0 Å². The molecule has 1 N–H and O–H groups in total. The van der Waals surface area contributed by atoms with E-state index < -0.39 is 0 Å². The van der Waals surface area contributed by atoms with Gasteiger partial charge < -0.3 is 15.0 Å². The first-order valence-electron chi connectivity index (χ1n) is 6.96. The standard InChI is InChI=1S/C14H28N2O2/c1-7-16(8-2)13(17)10(3)15-11-9-12(18-6)14(11,4)5/h10-12,15H,7-9H2,1-6H3. The highest BCUT2D eigenvalue weighted by Gasteiger charge is 2.49. The molecule has 3 atom stereocenters. The van der Waals surface area contributed by atoms with Gasteiger partial charge in [0.1, 0.15) is 0 Å². The average Bonchev–Trinajstić information content (AvgIpc) is 2.34. The number of hydrogen-bond acceptors (Lipinski definition) is 3. The van der Waals surface area contributed by atoms with E-state index in [1.807, 2.05) is 25.7 Å². The van der Waals surface area contributed by atoms with Gasteiger partial charge in [0.05, 0.1) is 12.1 Å². The minimum atomic E-state index is -0.119. The molecule has 106 valence electrons. The van der Waals surface area contributed by atoms with Crippen molar-refractivity contribution in [3.8, 4) is 0 Å². The molecule has 0 aromatic rings. The Balaban J connectivity index is 2.51. The Morgan fingerprint density at radius 1 is 1.44 bits per heavy atom. The van der Waals surface area contributed by atoms with Gasteiger partial charge in [-0.3, -0.25) is 4.79 Å². The minimum absolute atomic E-state index is 0.104. The maximum atomic E-state index is 12.2. The van der Waals surface area contributed by atoms with Gasteiger partial charge in [-0.1, -0.05) is 13.8 Å². The van der Waals surface area contributed by atoms with E-state index in [4.69, 9.17) is 4.74 Å². The SMILES string of the molecule is CCN(CC)C(=O)C(C)NC1CC(OC)C1(C)C. The van der Waals surface area contributed by atoms with Gasteiger partial charge in [0.2, 0.25) is 5.91 Å². The van der Waals surface area contributed by atoms with E-state index in [0.29, 0.717) is 12.1 Å². The normalized spacial score (nSPS) is 27.4. The maximum Gasteiger partial charge on any atom is 0.239 e. The number of ether oxygens (including phenoxy) is 1. The second kappa shape index (κ2) is 6.02. The zero-order valence-corrected chi connectivity index (χ0v) is 12.6. The first-order valence-corrected chi connectivity index (χ1v) is 6.96. The summed E-state index contributed by atoms with van der Waals surface area (Å²) >= 11 is 0. The largest absolute Gasteiger partial charge is 0.381 e. The highest BCUT2D eigenvalue weighted by atomic mass is 16.5. The summed E-state index contributed by atoms with van der Waals surface area (Å²) in [5.41, 5.74) is 0.104. The molecular weight excluding hydrogens is 228 g/mol. The number of carbonyl (C=O) groups is 1. The summed E-state index contributed by atoms with van der Waals surface area (Å²) in [4.78, 5) is 14.0. The van der Waals surface area contributed by atoms with Crippen LogP contribution < -0.4 is 5.32 Å². The van der Waals surface area contributed by atoms with E-state index in [0.717, 1.165) is 19.5 Å². The topological polar surface area (TPSA) is 41.6 Å². The Morgan fingerprint density at radius 3 is 2.39 bits per heavy atom. The van der Waals surface area contributed by atoms with Crippen molar-refractivity contribution in [3.05, 3.63) is 0 Å². The lowest BCUT2D eigenvalue weighted by atomic mass is 9.64. The van der Waals surface area contributed by atoms with Gasteiger partial charge in [-0.2, -0.15) is 0 Å². The number of methoxy groups -OCH3 is 1. The fraction of sp³-hybridized carbons (Fsp3) is 0.929. The third-order valence-electron chi connectivity index (χ3n) is 4.36. The van der Waals surface area contributed by atoms with Crippen LogP contribution in [0.3, 0.4) is 0 Å². The Labute approximate surface area is 111 Å². The van der Waals surface area contributed by atoms with E-state index in [-0.39, 0.29) is 17.4 Å². The zero-order valence-electron chi connectivity index (χ0n) is 12.6. The van der Waals surface area contributed by atoms with Crippen molar-refractivity contribution < 1.29 is 9.53 Å². The molecule has 1 aliphatic rings. The van der Waals surface area contributed by atoms with Gasteiger partial charge in [0.15, 0.2) is 0 Å². The highest BCUT2D eigenvalue weighted by molar-refractivity contribution is 5.81. The molecule has 0 radical (unpaired) electrons. The predicted octanol–water partition coefficient (Wildman–Crippen LogP) is 1.65. The van der Waals surface area contributed by atoms with Crippen molar-refractivity contribution in [2.24, 2.45) is 5.41 Å². The van der Waals surface area contributed by atoms with E-state index >= 15 is 0 Å². The van der Waals surface area contributed by atoms with Crippen molar-refractivity contribution in [1.29, 1.82) is 0 Å². The van der Waals surface area contributed by atoms with Gasteiger partial charge in [-0.25, -0.2) is 0 Å². The van der Waals surface area contributed by atoms with E-state index in [9.17, 15) is 4.79 Å². The van der Waals surface area contributed by atoms with Crippen molar-refractivity contribution in [2.45, 2.75) is 59.2 Å². The highest BCUT2D eigenvalue weighted by Crippen LogP contribution is 2.42. The molecule has 1 rings (SSSR count). The van der Waals surface area contributed by atoms with Crippen molar-refractivity contribution in [2.75, 3.05) is 20.2 Å². The van der Waals surface area contributed by atoms with Gasteiger partial charge >= 0.3 is 0 Å². The van der Waals surface area contributed by atoms with Crippen LogP contribution in [0.5, 0.6) is 0 Å². The van der Waals surface area contributed by atoms with Crippen LogP contribution in [0, 0.1) is 5.41 Å². The number of rotatable bonds is 6. The molecular formula is C14H28N2O2. The number of nitrogens with zero attached hydrogens (tertiary/aromatic N) is 1. The molecule has 0 saturated heterocycles. The summed E-state index contributed by atoms with van der Waals surface area (Å²) in [6, 6.07) is 0.240. The van der Waals surface area contributed by atoms with Crippen molar-refractivity contribution >= 4 is 5.91 Å². The monoisotopic (exact) mass is 256 g/mol. The molecule has 18 heavy (non-hydrogen) atoms. The van der Waals surface area contributed by atoms with Crippen LogP contribution in [0.25, 0.3) is 0 Å². The molecule has 3 unspecified atom stereocenters. The first-order chi connectivity index (χ1) is 8.38. The molecule has 0 aromatic heterocycles. The summed E-state index contributed by atoms with van der Waals surface area (Å²) in [6.45, 7) is 11.9. The number of hydrogen-bond donors (Lipinski definition) is 1. The molecule has 4 heteroatoms. The second-order valence-corrected chi connectivity index (χ2v) is 5.73. The molecule has 1 aliphatic carbocycles. The molecule has 0 aliphatic heterocycles. The van der Waals surface area contributed by atoms with E-state index in [1.165, 1.54) is 0 Å². The third-order valence-corrected chi connectivity index (χ3v) is 4.36. The lowest BCUT2D eigenvalue weighted by Gasteiger charge is -2.52. The molecule has 0 heterocycles. The number of nitrogens with one attached hydrogen (secondary N) is 1. The molecule has 4 nitrogen and oxygen atoms in total. The smallest absolute Gasteiger partial charge is 0.239 e. The van der Waals surface area contributed by atoms with Gasteiger partial charge in [-0.05, 0) is 27.2 Å². The fourth-order valence-corrected chi connectivity index (χ4v) is 2.75. The van der Waals surface area contributed by atoms with Crippen LogP contribution in [0.1, 0.15) is 41.0 Å². The fourth-order valence-electron chi connectivity index (χ4n) is 2.75. The summed E-state index contributed by atoms with van der Waals surface area (Å²) in [5, 5.41) is 3.45. The number of carbonyl (C=O) groups excluding carboxylic acids is 1. The first kappa shape index (κ1) is 15.4. The summed E-state index contributed by atoms with van der Waals surface area (Å²) in [6.07, 6.45) is 1.28. The van der Waals surface area contributed by atoms with E-state index in [1.54, 1.807) is 7.11 Å². The molecule has 1 amide bonds. The zero-order chi connectivity index (χ0) is 13.9. The Morgan fingerprint density at radius 2 is 2.00 bits per heavy atom. The van der Waals surface area contributed by atoms with Crippen LogP contribution in [-0.4, -0.2) is 49.2 Å². The number of likely N-dealkylation sites (N-methyl/N-ethyl adjacent to an activating group) is 1. The molecule has 1 fully saturated rings.